The summed E-state index contributed by atoms with van der Waals surface area (Å²) in [6.45, 7) is 6.61. The summed E-state index contributed by atoms with van der Waals surface area (Å²) in [6.07, 6.45) is 1.83. The molecule has 2 nitrogen and oxygen atoms in total. The lowest BCUT2D eigenvalue weighted by Gasteiger charge is -2.28. The van der Waals surface area contributed by atoms with Crippen LogP contribution < -0.4 is 0 Å². The number of ketones is 1. The summed E-state index contributed by atoms with van der Waals surface area (Å²) in [5.41, 5.74) is 2.52. The maximum absolute atomic E-state index is 11.7. The van der Waals surface area contributed by atoms with Gasteiger partial charge in [-0.25, -0.2) is 0 Å². The first-order valence-corrected chi connectivity index (χ1v) is 6.14. The Hall–Kier alpha value is -1.41. The summed E-state index contributed by atoms with van der Waals surface area (Å²) in [6, 6.07) is 10.3. The lowest BCUT2D eigenvalue weighted by molar-refractivity contribution is -0.116. The molecule has 17 heavy (non-hydrogen) atoms. The van der Waals surface area contributed by atoms with Crippen molar-refractivity contribution in [1.82, 2.24) is 4.90 Å². The van der Waals surface area contributed by atoms with E-state index in [1.165, 1.54) is 11.1 Å². The standard InChI is InChI=1S/C15H19NO/c1-12(2)14-8-15(17)11-16(10-14)9-13-6-4-3-5-7-13/h3-8,12H,9-11H2,1-2H3. The maximum Gasteiger partial charge on any atom is 0.169 e. The van der Waals surface area contributed by atoms with Crippen LogP contribution in [0.15, 0.2) is 42.0 Å². The SMILES string of the molecule is CC(C)C1=CC(=O)CN(Cc2ccccc2)C1. The molecule has 0 fully saturated rings. The monoisotopic (exact) mass is 229 g/mol. The molecule has 0 bridgehead atoms. The molecule has 0 atom stereocenters. The normalized spacial score (nSPS) is 17.4. The van der Waals surface area contributed by atoms with Gasteiger partial charge in [-0.1, -0.05) is 49.8 Å². The molecule has 90 valence electrons. The Morgan fingerprint density at radius 3 is 2.53 bits per heavy atom. The minimum absolute atomic E-state index is 0.232. The highest BCUT2D eigenvalue weighted by Crippen LogP contribution is 2.17. The molecule has 0 N–H and O–H groups in total. The van der Waals surface area contributed by atoms with Crippen LogP contribution >= 0.6 is 0 Å². The molecule has 0 saturated heterocycles. The average molecular weight is 229 g/mol. The number of hydrogen-bond acceptors (Lipinski definition) is 2. The molecule has 0 amide bonds. The first kappa shape index (κ1) is 12.1. The topological polar surface area (TPSA) is 20.3 Å². The molecular formula is C15H19NO. The van der Waals surface area contributed by atoms with Gasteiger partial charge in [0.25, 0.3) is 0 Å². The highest BCUT2D eigenvalue weighted by Gasteiger charge is 2.19. The number of hydrogen-bond donors (Lipinski definition) is 0. The minimum Gasteiger partial charge on any atom is -0.293 e. The highest BCUT2D eigenvalue weighted by atomic mass is 16.1. The van der Waals surface area contributed by atoms with Crippen molar-refractivity contribution in [2.24, 2.45) is 5.92 Å². The second-order valence-electron chi connectivity index (χ2n) is 4.97. The van der Waals surface area contributed by atoms with Crippen LogP contribution in [0.1, 0.15) is 19.4 Å². The van der Waals surface area contributed by atoms with Gasteiger partial charge < -0.3 is 0 Å². The van der Waals surface area contributed by atoms with Gasteiger partial charge in [-0.2, -0.15) is 0 Å². The van der Waals surface area contributed by atoms with Crippen LogP contribution in [0.25, 0.3) is 0 Å². The zero-order valence-electron chi connectivity index (χ0n) is 10.5. The summed E-state index contributed by atoms with van der Waals surface area (Å²) >= 11 is 0. The first-order valence-electron chi connectivity index (χ1n) is 6.14. The molecule has 1 aromatic carbocycles. The van der Waals surface area contributed by atoms with Crippen molar-refractivity contribution in [1.29, 1.82) is 0 Å². The number of carbonyl (C=O) groups excluding carboxylic acids is 1. The molecule has 2 heteroatoms. The zero-order valence-corrected chi connectivity index (χ0v) is 10.5. The molecule has 0 aromatic heterocycles. The van der Waals surface area contributed by atoms with Gasteiger partial charge in [0.15, 0.2) is 5.78 Å². The molecular weight excluding hydrogens is 210 g/mol. The van der Waals surface area contributed by atoms with Crippen molar-refractivity contribution in [3.8, 4) is 0 Å². The van der Waals surface area contributed by atoms with Crippen molar-refractivity contribution in [3.63, 3.8) is 0 Å². The van der Waals surface area contributed by atoms with Gasteiger partial charge in [0.1, 0.15) is 0 Å². The van der Waals surface area contributed by atoms with E-state index in [1.54, 1.807) is 0 Å². The van der Waals surface area contributed by atoms with Crippen molar-refractivity contribution in [3.05, 3.63) is 47.5 Å². The summed E-state index contributed by atoms with van der Waals surface area (Å²) in [5.74, 6) is 0.688. The number of carbonyl (C=O) groups is 1. The van der Waals surface area contributed by atoms with E-state index in [1.807, 2.05) is 24.3 Å². The third kappa shape index (κ3) is 3.27. The Balaban J connectivity index is 2.05. The molecule has 1 heterocycles. The Morgan fingerprint density at radius 1 is 1.18 bits per heavy atom. The van der Waals surface area contributed by atoms with Crippen LogP contribution in [-0.4, -0.2) is 23.8 Å². The fourth-order valence-electron chi connectivity index (χ4n) is 2.14. The Bertz CT molecular complexity index is 420. The van der Waals surface area contributed by atoms with Crippen molar-refractivity contribution < 1.29 is 4.79 Å². The van der Waals surface area contributed by atoms with Gasteiger partial charge >= 0.3 is 0 Å². The number of rotatable bonds is 3. The van der Waals surface area contributed by atoms with Crippen molar-refractivity contribution >= 4 is 5.78 Å². The minimum atomic E-state index is 0.232. The molecule has 0 radical (unpaired) electrons. The summed E-state index contributed by atoms with van der Waals surface area (Å²) in [7, 11) is 0. The summed E-state index contributed by atoms with van der Waals surface area (Å²) < 4.78 is 0. The van der Waals surface area contributed by atoms with Crippen LogP contribution in [0.2, 0.25) is 0 Å². The second kappa shape index (κ2) is 5.28. The van der Waals surface area contributed by atoms with E-state index in [0.29, 0.717) is 12.5 Å². The van der Waals surface area contributed by atoms with Crippen molar-refractivity contribution in [2.45, 2.75) is 20.4 Å². The van der Waals surface area contributed by atoms with E-state index in [0.717, 1.165) is 13.1 Å². The molecule has 0 saturated carbocycles. The Kier molecular flexibility index (Phi) is 3.75. The van der Waals surface area contributed by atoms with E-state index < -0.39 is 0 Å². The smallest absolute Gasteiger partial charge is 0.169 e. The predicted octanol–water partition coefficient (Wildman–Crippen LogP) is 2.65. The molecule has 2 rings (SSSR count). The van der Waals surface area contributed by atoms with Crippen LogP contribution in [0, 0.1) is 5.92 Å². The number of nitrogens with zero attached hydrogens (tertiary/aromatic N) is 1. The van der Waals surface area contributed by atoms with E-state index in [4.69, 9.17) is 0 Å². The van der Waals surface area contributed by atoms with Crippen molar-refractivity contribution in [2.75, 3.05) is 13.1 Å². The number of benzene rings is 1. The van der Waals surface area contributed by atoms with Crippen LogP contribution in [0.4, 0.5) is 0 Å². The lowest BCUT2D eigenvalue weighted by Crippen LogP contribution is -2.35. The van der Waals surface area contributed by atoms with Gasteiger partial charge in [0, 0.05) is 13.1 Å². The Morgan fingerprint density at radius 2 is 1.88 bits per heavy atom. The first-order chi connectivity index (χ1) is 8.15. The van der Waals surface area contributed by atoms with Gasteiger partial charge in [0.05, 0.1) is 6.54 Å². The van der Waals surface area contributed by atoms with E-state index in [2.05, 4.69) is 30.9 Å². The molecule has 0 aliphatic carbocycles. The van der Waals surface area contributed by atoms with E-state index in [9.17, 15) is 4.79 Å². The third-order valence-corrected chi connectivity index (χ3v) is 3.12. The molecule has 0 unspecified atom stereocenters. The highest BCUT2D eigenvalue weighted by molar-refractivity contribution is 5.93. The Labute approximate surface area is 103 Å². The third-order valence-electron chi connectivity index (χ3n) is 3.12. The van der Waals surface area contributed by atoms with Gasteiger partial charge in [-0.15, -0.1) is 0 Å². The second-order valence-corrected chi connectivity index (χ2v) is 4.97. The van der Waals surface area contributed by atoms with Crippen LogP contribution in [0.3, 0.4) is 0 Å². The molecule has 1 aromatic rings. The van der Waals surface area contributed by atoms with Gasteiger partial charge in [0.2, 0.25) is 0 Å². The predicted molar refractivity (Wildman–Crippen MR) is 69.6 cm³/mol. The largest absolute Gasteiger partial charge is 0.293 e. The van der Waals surface area contributed by atoms with E-state index in [-0.39, 0.29) is 5.78 Å². The fourth-order valence-corrected chi connectivity index (χ4v) is 2.14. The molecule has 1 aliphatic rings. The molecule has 1 aliphatic heterocycles. The van der Waals surface area contributed by atoms with Gasteiger partial charge in [-0.3, -0.25) is 9.69 Å². The van der Waals surface area contributed by atoms with Crippen LogP contribution in [-0.2, 0) is 11.3 Å². The van der Waals surface area contributed by atoms with Crippen LogP contribution in [0.5, 0.6) is 0 Å². The fraction of sp³-hybridized carbons (Fsp3) is 0.400. The van der Waals surface area contributed by atoms with E-state index >= 15 is 0 Å². The van der Waals surface area contributed by atoms with Gasteiger partial charge in [-0.05, 0) is 17.6 Å². The zero-order chi connectivity index (χ0) is 12.3. The summed E-state index contributed by atoms with van der Waals surface area (Å²) in [5, 5.41) is 0. The quantitative estimate of drug-likeness (QED) is 0.794. The summed E-state index contributed by atoms with van der Waals surface area (Å²) in [4.78, 5) is 13.9. The lowest BCUT2D eigenvalue weighted by atomic mass is 9.98. The molecule has 0 spiro atoms. The average Bonchev–Trinajstić information content (AvgIpc) is 2.29. The maximum atomic E-state index is 11.7.